The number of amides is 1. The van der Waals surface area contributed by atoms with Crippen molar-refractivity contribution < 1.29 is 4.79 Å². The third kappa shape index (κ3) is 5.70. The van der Waals surface area contributed by atoms with Crippen molar-refractivity contribution in [3.05, 3.63) is 0 Å². The first-order valence-corrected chi connectivity index (χ1v) is 6.34. The first-order valence-electron chi connectivity index (χ1n) is 6.34. The average molecular weight is 264 g/mol. The number of likely N-dealkylation sites (N-methyl/N-ethyl adjacent to an activating group) is 1. The minimum absolute atomic E-state index is 0. The number of halogens is 1. The van der Waals surface area contributed by atoms with Gasteiger partial charge in [0.15, 0.2) is 0 Å². The zero-order valence-electron chi connectivity index (χ0n) is 11.2. The molecule has 0 radical (unpaired) electrons. The molecule has 17 heavy (non-hydrogen) atoms. The van der Waals surface area contributed by atoms with Gasteiger partial charge in [-0.2, -0.15) is 0 Å². The second kappa shape index (κ2) is 8.72. The van der Waals surface area contributed by atoms with Gasteiger partial charge in [-0.15, -0.1) is 12.4 Å². The Morgan fingerprint density at radius 3 is 2.82 bits per heavy atom. The second-order valence-electron chi connectivity index (χ2n) is 4.68. The number of piperidine rings is 1. The molecule has 1 aliphatic rings. The van der Waals surface area contributed by atoms with Crippen molar-refractivity contribution in [3.8, 4) is 0 Å². The summed E-state index contributed by atoms with van der Waals surface area (Å²) in [5.74, 6) is 0.366. The van der Waals surface area contributed by atoms with Crippen LogP contribution in [0.1, 0.15) is 26.7 Å². The fourth-order valence-electron chi connectivity index (χ4n) is 2.06. The smallest absolute Gasteiger partial charge is 0.224 e. The van der Waals surface area contributed by atoms with Crippen LogP contribution in [0.4, 0.5) is 0 Å². The summed E-state index contributed by atoms with van der Waals surface area (Å²) in [7, 11) is 2.07. The first-order chi connectivity index (χ1) is 7.65. The van der Waals surface area contributed by atoms with E-state index in [9.17, 15) is 4.79 Å². The molecule has 4 nitrogen and oxygen atoms in total. The van der Waals surface area contributed by atoms with E-state index in [0.29, 0.717) is 6.04 Å². The van der Waals surface area contributed by atoms with Crippen LogP contribution in [0.2, 0.25) is 0 Å². The predicted octanol–water partition coefficient (Wildman–Crippen LogP) is 0.864. The number of nitrogens with one attached hydrogen (secondary N) is 2. The van der Waals surface area contributed by atoms with E-state index >= 15 is 0 Å². The van der Waals surface area contributed by atoms with Crippen LogP contribution in [-0.4, -0.2) is 50.1 Å². The van der Waals surface area contributed by atoms with Crippen LogP contribution < -0.4 is 10.6 Å². The standard InChI is InChI=1S/C12H25N3O.ClH/c1-4-15(3)9-8-14-12(16)11-6-5-7-13-10(11)2;/h10-11,13H,4-9H2,1-3H3,(H,14,16);1H. The number of carbonyl (C=O) groups is 1. The second-order valence-corrected chi connectivity index (χ2v) is 4.68. The number of nitrogens with zero attached hydrogens (tertiary/aromatic N) is 1. The molecule has 0 aliphatic carbocycles. The molecule has 1 fully saturated rings. The lowest BCUT2D eigenvalue weighted by Gasteiger charge is -2.29. The number of hydrogen-bond donors (Lipinski definition) is 2. The molecular weight excluding hydrogens is 238 g/mol. The van der Waals surface area contributed by atoms with Crippen molar-refractivity contribution in [2.75, 3.05) is 33.2 Å². The largest absolute Gasteiger partial charge is 0.355 e. The van der Waals surface area contributed by atoms with Gasteiger partial charge in [-0.25, -0.2) is 0 Å². The summed E-state index contributed by atoms with van der Waals surface area (Å²) < 4.78 is 0. The molecule has 1 aliphatic heterocycles. The molecule has 1 amide bonds. The molecule has 1 rings (SSSR count). The van der Waals surface area contributed by atoms with Crippen LogP contribution in [0, 0.1) is 5.92 Å². The van der Waals surface area contributed by atoms with Gasteiger partial charge < -0.3 is 15.5 Å². The topological polar surface area (TPSA) is 44.4 Å². The average Bonchev–Trinajstić information content (AvgIpc) is 2.29. The molecule has 0 bridgehead atoms. The van der Waals surface area contributed by atoms with Crippen molar-refractivity contribution >= 4 is 18.3 Å². The van der Waals surface area contributed by atoms with Gasteiger partial charge >= 0.3 is 0 Å². The summed E-state index contributed by atoms with van der Waals surface area (Å²) in [5.41, 5.74) is 0. The van der Waals surface area contributed by atoms with Crippen molar-refractivity contribution in [1.82, 2.24) is 15.5 Å². The van der Waals surface area contributed by atoms with E-state index in [1.165, 1.54) is 0 Å². The molecule has 1 saturated heterocycles. The third-order valence-corrected chi connectivity index (χ3v) is 3.43. The van der Waals surface area contributed by atoms with Crippen LogP contribution in [0.25, 0.3) is 0 Å². The summed E-state index contributed by atoms with van der Waals surface area (Å²) >= 11 is 0. The molecule has 102 valence electrons. The normalized spacial score (nSPS) is 24.2. The van der Waals surface area contributed by atoms with Crippen molar-refractivity contribution in [3.63, 3.8) is 0 Å². The fraction of sp³-hybridized carbons (Fsp3) is 0.917. The first kappa shape index (κ1) is 16.7. The highest BCUT2D eigenvalue weighted by atomic mass is 35.5. The number of rotatable bonds is 5. The van der Waals surface area contributed by atoms with Crippen LogP contribution in [0.3, 0.4) is 0 Å². The Bertz CT molecular complexity index is 226. The zero-order chi connectivity index (χ0) is 12.0. The third-order valence-electron chi connectivity index (χ3n) is 3.43. The maximum absolute atomic E-state index is 11.9. The van der Waals surface area contributed by atoms with E-state index in [1.54, 1.807) is 0 Å². The number of hydrogen-bond acceptors (Lipinski definition) is 3. The highest BCUT2D eigenvalue weighted by Crippen LogP contribution is 2.15. The van der Waals surface area contributed by atoms with E-state index in [4.69, 9.17) is 0 Å². The molecule has 0 spiro atoms. The minimum Gasteiger partial charge on any atom is -0.355 e. The van der Waals surface area contributed by atoms with Crippen LogP contribution in [-0.2, 0) is 4.79 Å². The van der Waals surface area contributed by atoms with Gasteiger partial charge in [0.2, 0.25) is 5.91 Å². The lowest BCUT2D eigenvalue weighted by molar-refractivity contribution is -0.126. The van der Waals surface area contributed by atoms with E-state index in [1.807, 2.05) is 0 Å². The summed E-state index contributed by atoms with van der Waals surface area (Å²) in [5, 5.41) is 6.38. The lowest BCUT2D eigenvalue weighted by Crippen LogP contribution is -2.47. The van der Waals surface area contributed by atoms with Crippen molar-refractivity contribution in [2.45, 2.75) is 32.7 Å². The van der Waals surface area contributed by atoms with Crippen LogP contribution in [0.15, 0.2) is 0 Å². The Hall–Kier alpha value is -0.320. The zero-order valence-corrected chi connectivity index (χ0v) is 12.0. The molecule has 0 aromatic carbocycles. The van der Waals surface area contributed by atoms with E-state index in [0.717, 1.165) is 39.0 Å². The quantitative estimate of drug-likeness (QED) is 0.774. The Labute approximate surface area is 111 Å². The van der Waals surface area contributed by atoms with Gasteiger partial charge in [0, 0.05) is 19.1 Å². The summed E-state index contributed by atoms with van der Waals surface area (Å²) in [6, 6.07) is 0.317. The molecule has 2 atom stereocenters. The van der Waals surface area contributed by atoms with Crippen LogP contribution >= 0.6 is 12.4 Å². The molecule has 1 heterocycles. The monoisotopic (exact) mass is 263 g/mol. The summed E-state index contributed by atoms with van der Waals surface area (Å²) in [6.07, 6.45) is 2.13. The summed E-state index contributed by atoms with van der Waals surface area (Å²) in [6.45, 7) is 7.97. The molecule has 2 unspecified atom stereocenters. The Kier molecular flexibility index (Phi) is 8.56. The number of carbonyl (C=O) groups excluding carboxylic acids is 1. The SMILES string of the molecule is CCN(C)CCNC(=O)C1CCCNC1C.Cl. The molecule has 2 N–H and O–H groups in total. The maximum atomic E-state index is 11.9. The Balaban J connectivity index is 0.00000256. The van der Waals surface area contributed by atoms with Gasteiger partial charge in [-0.1, -0.05) is 6.92 Å². The van der Waals surface area contributed by atoms with Gasteiger partial charge in [-0.05, 0) is 39.9 Å². The maximum Gasteiger partial charge on any atom is 0.224 e. The van der Waals surface area contributed by atoms with Gasteiger partial charge in [0.25, 0.3) is 0 Å². The fourth-order valence-corrected chi connectivity index (χ4v) is 2.06. The van der Waals surface area contributed by atoms with Gasteiger partial charge in [0.05, 0.1) is 5.92 Å². The van der Waals surface area contributed by atoms with Crippen molar-refractivity contribution in [1.29, 1.82) is 0 Å². The van der Waals surface area contributed by atoms with Crippen molar-refractivity contribution in [2.24, 2.45) is 5.92 Å². The summed E-state index contributed by atoms with van der Waals surface area (Å²) in [4.78, 5) is 14.1. The lowest BCUT2D eigenvalue weighted by atomic mass is 9.91. The van der Waals surface area contributed by atoms with E-state index in [-0.39, 0.29) is 24.2 Å². The molecule has 0 aromatic rings. The Morgan fingerprint density at radius 2 is 2.24 bits per heavy atom. The highest BCUT2D eigenvalue weighted by molar-refractivity contribution is 5.85. The molecule has 0 saturated carbocycles. The van der Waals surface area contributed by atoms with Crippen LogP contribution in [0.5, 0.6) is 0 Å². The Morgan fingerprint density at radius 1 is 1.53 bits per heavy atom. The predicted molar refractivity (Wildman–Crippen MR) is 73.6 cm³/mol. The molecular formula is C12H26ClN3O. The van der Waals surface area contributed by atoms with Gasteiger partial charge in [0.1, 0.15) is 0 Å². The highest BCUT2D eigenvalue weighted by Gasteiger charge is 2.26. The van der Waals surface area contributed by atoms with E-state index < -0.39 is 0 Å². The van der Waals surface area contributed by atoms with Gasteiger partial charge in [-0.3, -0.25) is 4.79 Å². The van der Waals surface area contributed by atoms with E-state index in [2.05, 4.69) is 36.4 Å². The minimum atomic E-state index is 0. The molecule has 5 heteroatoms. The molecule has 0 aromatic heterocycles.